The van der Waals surface area contributed by atoms with Crippen LogP contribution in [0, 0.1) is 16.2 Å². The number of piperidine rings is 2. The van der Waals surface area contributed by atoms with E-state index in [9.17, 15) is 4.79 Å². The molecule has 3 aliphatic rings. The number of likely N-dealkylation sites (tertiary alicyclic amines) is 1. The van der Waals surface area contributed by atoms with Crippen molar-refractivity contribution in [2.24, 2.45) is 11.1 Å². The Morgan fingerprint density at radius 3 is 2.41 bits per heavy atom. The lowest BCUT2D eigenvalue weighted by atomic mass is 9.39. The van der Waals surface area contributed by atoms with E-state index in [1.165, 1.54) is 12.0 Å². The molecule has 2 aromatic rings. The van der Waals surface area contributed by atoms with E-state index in [0.717, 1.165) is 31.4 Å². The first kappa shape index (κ1) is 25.6. The van der Waals surface area contributed by atoms with Crippen molar-refractivity contribution < 1.29 is 9.53 Å². The second kappa shape index (κ2) is 10.8. The summed E-state index contributed by atoms with van der Waals surface area (Å²) in [5, 5.41) is 17.5. The number of benzene rings is 2. The van der Waals surface area contributed by atoms with Crippen LogP contribution in [0.25, 0.3) is 0 Å². The molecule has 0 aromatic heterocycles. The number of nitrogens with one attached hydrogen (secondary N) is 2. The van der Waals surface area contributed by atoms with Crippen molar-refractivity contribution in [1.82, 2.24) is 9.80 Å². The van der Waals surface area contributed by atoms with Crippen LogP contribution in [-0.2, 0) is 16.1 Å². The van der Waals surface area contributed by atoms with Gasteiger partial charge in [0.1, 0.15) is 18.3 Å². The van der Waals surface area contributed by atoms with Gasteiger partial charge in [0.15, 0.2) is 0 Å². The van der Waals surface area contributed by atoms with Crippen LogP contribution in [0.15, 0.2) is 60.7 Å². The highest BCUT2D eigenvalue weighted by Gasteiger charge is 2.76. The fourth-order valence-electron chi connectivity index (χ4n) is 6.82. The molecule has 1 heterocycles. The monoisotopic (exact) mass is 501 g/mol. The van der Waals surface area contributed by atoms with Crippen molar-refractivity contribution in [2.45, 2.75) is 82.6 Å². The average Bonchev–Trinajstić information content (AvgIpc) is 2.90. The van der Waals surface area contributed by atoms with Crippen molar-refractivity contribution >= 4 is 17.6 Å². The number of hydrogen-bond donors (Lipinski definition) is 3. The summed E-state index contributed by atoms with van der Waals surface area (Å²) in [6, 6.07) is 21.2. The van der Waals surface area contributed by atoms with Crippen molar-refractivity contribution in [3.8, 4) is 0 Å². The highest BCUT2D eigenvalue weighted by molar-refractivity contribution is 5.99. The Morgan fingerprint density at radius 2 is 1.78 bits per heavy atom. The van der Waals surface area contributed by atoms with Crippen LogP contribution in [0.4, 0.5) is 0 Å². The Balaban J connectivity index is 1.15. The van der Waals surface area contributed by atoms with Crippen LogP contribution < -0.4 is 5.73 Å². The minimum absolute atomic E-state index is 0.0479. The molecule has 3 fully saturated rings. The van der Waals surface area contributed by atoms with E-state index in [4.69, 9.17) is 21.3 Å². The molecule has 2 aromatic carbocycles. The maximum atomic E-state index is 12.4. The minimum Gasteiger partial charge on any atom is -0.461 e. The first-order chi connectivity index (χ1) is 18.0. The van der Waals surface area contributed by atoms with Gasteiger partial charge in [-0.15, -0.1) is 0 Å². The second-order valence-corrected chi connectivity index (χ2v) is 10.7. The summed E-state index contributed by atoms with van der Waals surface area (Å²) in [4.78, 5) is 16.9. The molecule has 7 heteroatoms. The highest BCUT2D eigenvalue weighted by atomic mass is 16.5. The molecule has 5 rings (SSSR count). The smallest absolute Gasteiger partial charge is 0.306 e. The first-order valence-corrected chi connectivity index (χ1v) is 13.7. The molecule has 1 spiro atoms. The third-order valence-corrected chi connectivity index (χ3v) is 8.92. The van der Waals surface area contributed by atoms with Crippen molar-refractivity contribution in [1.29, 1.82) is 10.8 Å². The zero-order valence-corrected chi connectivity index (χ0v) is 21.7. The fourth-order valence-corrected chi connectivity index (χ4v) is 6.82. The van der Waals surface area contributed by atoms with Gasteiger partial charge in [0, 0.05) is 49.0 Å². The van der Waals surface area contributed by atoms with Gasteiger partial charge in [0.25, 0.3) is 0 Å². The zero-order chi connectivity index (χ0) is 26.0. The van der Waals surface area contributed by atoms with E-state index < -0.39 is 0 Å². The normalized spacial score (nSPS) is 26.4. The summed E-state index contributed by atoms with van der Waals surface area (Å²) in [5.74, 6) is 0.555. The second-order valence-electron chi connectivity index (χ2n) is 10.7. The van der Waals surface area contributed by atoms with Gasteiger partial charge in [-0.25, -0.2) is 0 Å². The van der Waals surface area contributed by atoms with Crippen LogP contribution in [0.1, 0.15) is 69.0 Å². The molecular formula is C30H39N5O2. The molecule has 0 radical (unpaired) electrons. The molecule has 4 N–H and O–H groups in total. The Morgan fingerprint density at radius 1 is 1.08 bits per heavy atom. The number of nitrogens with zero attached hydrogens (tertiary/aromatic N) is 2. The lowest BCUT2D eigenvalue weighted by Gasteiger charge is -2.81. The van der Waals surface area contributed by atoms with Crippen molar-refractivity contribution in [3.05, 3.63) is 71.8 Å². The van der Waals surface area contributed by atoms with Gasteiger partial charge < -0.3 is 15.4 Å². The van der Waals surface area contributed by atoms with Crippen LogP contribution in [0.3, 0.4) is 0 Å². The zero-order valence-electron chi connectivity index (χ0n) is 21.7. The Kier molecular flexibility index (Phi) is 7.45. The highest BCUT2D eigenvalue weighted by Crippen LogP contribution is 2.69. The van der Waals surface area contributed by atoms with Gasteiger partial charge in [-0.05, 0) is 36.8 Å². The molecule has 1 aliphatic heterocycles. The number of rotatable bonds is 11. The molecule has 37 heavy (non-hydrogen) atoms. The van der Waals surface area contributed by atoms with E-state index in [1.807, 2.05) is 60.4 Å². The third kappa shape index (κ3) is 4.71. The van der Waals surface area contributed by atoms with Crippen LogP contribution in [0.2, 0.25) is 0 Å². The molecule has 0 bridgehead atoms. The molecule has 2 aliphatic carbocycles. The Bertz CT molecular complexity index is 1120. The maximum absolute atomic E-state index is 12.4. The molecule has 2 saturated carbocycles. The number of hydrogen-bond acceptors (Lipinski definition) is 6. The lowest BCUT2D eigenvalue weighted by Crippen LogP contribution is -2.89. The van der Waals surface area contributed by atoms with Gasteiger partial charge in [-0.3, -0.25) is 20.5 Å². The first-order valence-electron chi connectivity index (χ1n) is 13.7. The van der Waals surface area contributed by atoms with Gasteiger partial charge in [0.05, 0.1) is 6.42 Å². The maximum Gasteiger partial charge on any atom is 0.306 e. The molecule has 1 saturated heterocycles. The SMILES string of the molecule is CCC(=N)N(C(=N)CCC(=O)OCc1ccccc1)C1CC2N(CCC(N)c3ccccc3)C3CCC132. The van der Waals surface area contributed by atoms with E-state index >= 15 is 0 Å². The summed E-state index contributed by atoms with van der Waals surface area (Å²) in [5.41, 5.74) is 8.81. The summed E-state index contributed by atoms with van der Waals surface area (Å²) in [6.45, 7) is 3.22. The number of amidine groups is 2. The summed E-state index contributed by atoms with van der Waals surface area (Å²) < 4.78 is 5.41. The minimum atomic E-state index is -0.299. The van der Waals surface area contributed by atoms with Gasteiger partial charge in [-0.2, -0.15) is 0 Å². The summed E-state index contributed by atoms with van der Waals surface area (Å²) in [7, 11) is 0. The topological polar surface area (TPSA) is 106 Å². The average molecular weight is 502 g/mol. The molecule has 7 nitrogen and oxygen atoms in total. The molecule has 5 atom stereocenters. The van der Waals surface area contributed by atoms with E-state index in [-0.39, 0.29) is 36.5 Å². The lowest BCUT2D eigenvalue weighted by molar-refractivity contribution is -0.291. The third-order valence-electron chi connectivity index (χ3n) is 8.92. The van der Waals surface area contributed by atoms with Gasteiger partial charge >= 0.3 is 5.97 Å². The Hall–Kier alpha value is -3.03. The number of carbonyl (C=O) groups excluding carboxylic acids is 1. The van der Waals surface area contributed by atoms with Gasteiger partial charge in [0.2, 0.25) is 0 Å². The number of carbonyl (C=O) groups is 1. The van der Waals surface area contributed by atoms with Crippen LogP contribution in [0.5, 0.6) is 0 Å². The Labute approximate surface area is 220 Å². The number of esters is 1. The van der Waals surface area contributed by atoms with Crippen LogP contribution in [-0.4, -0.2) is 52.1 Å². The number of nitrogens with two attached hydrogens (primary N) is 1. The molecule has 196 valence electrons. The predicted molar refractivity (Wildman–Crippen MR) is 145 cm³/mol. The van der Waals surface area contributed by atoms with Crippen molar-refractivity contribution in [2.75, 3.05) is 6.54 Å². The van der Waals surface area contributed by atoms with E-state index in [2.05, 4.69) is 17.0 Å². The molecule has 0 amide bonds. The number of ether oxygens (including phenoxy) is 1. The standard InChI is InChI=1S/C30H39N5O2/c1-2-27(32)35(28(33)13-14-29(36)37-20-21-9-5-3-6-10-21)26-19-25-30(26)17-15-24(30)34(25)18-16-23(31)22-11-7-4-8-12-22/h3-12,23-26,32-33H,2,13-20,31H2,1H3. The largest absolute Gasteiger partial charge is 0.461 e. The van der Waals surface area contributed by atoms with E-state index in [1.54, 1.807) is 0 Å². The predicted octanol–water partition coefficient (Wildman–Crippen LogP) is 4.87. The molecule has 5 unspecified atom stereocenters. The molecular weight excluding hydrogens is 462 g/mol. The fraction of sp³-hybridized carbons (Fsp3) is 0.500. The summed E-state index contributed by atoms with van der Waals surface area (Å²) in [6.07, 6.45) is 5.29. The van der Waals surface area contributed by atoms with Crippen molar-refractivity contribution in [3.63, 3.8) is 0 Å². The van der Waals surface area contributed by atoms with E-state index in [0.29, 0.717) is 36.6 Å². The summed E-state index contributed by atoms with van der Waals surface area (Å²) >= 11 is 0. The quantitative estimate of drug-likeness (QED) is 0.231. The van der Waals surface area contributed by atoms with Gasteiger partial charge in [-0.1, -0.05) is 67.6 Å². The van der Waals surface area contributed by atoms with Crippen LogP contribution >= 0.6 is 0 Å².